The summed E-state index contributed by atoms with van der Waals surface area (Å²) in [5.41, 5.74) is 5.06. The molecule has 79 valence electrons. The van der Waals surface area contributed by atoms with Crippen molar-refractivity contribution in [1.29, 1.82) is 0 Å². The maximum Gasteiger partial charge on any atom is 0.234 e. The van der Waals surface area contributed by atoms with Gasteiger partial charge in [-0.3, -0.25) is 4.79 Å². The smallest absolute Gasteiger partial charge is 0.234 e. The van der Waals surface area contributed by atoms with Crippen molar-refractivity contribution in [2.24, 2.45) is 0 Å². The first-order valence-corrected chi connectivity index (χ1v) is 5.27. The molecule has 1 nitrogen and oxygen atoms in total. The van der Waals surface area contributed by atoms with Gasteiger partial charge < -0.3 is 0 Å². The molecule has 1 heteroatoms. The molecule has 0 aliphatic rings. The third-order valence-electron chi connectivity index (χ3n) is 2.72. The van der Waals surface area contributed by atoms with Crippen molar-refractivity contribution in [2.45, 2.75) is 13.8 Å². The van der Waals surface area contributed by atoms with E-state index >= 15 is 0 Å². The number of hydrogen-bond donors (Lipinski definition) is 0. The average Bonchev–Trinajstić information content (AvgIpc) is 2.32. The summed E-state index contributed by atoms with van der Waals surface area (Å²) < 4.78 is 0. The van der Waals surface area contributed by atoms with Gasteiger partial charge in [-0.25, -0.2) is 0 Å². The Morgan fingerprint density at radius 2 is 1.69 bits per heavy atom. The lowest BCUT2D eigenvalue weighted by atomic mass is 9.95. The summed E-state index contributed by atoms with van der Waals surface area (Å²) >= 11 is 0. The quantitative estimate of drug-likeness (QED) is 0.740. The standard InChI is InChI=1S/C15H13O/c1-11-7-8-12(2)15(9-11)14-6-4-3-5-13(14)10-16/h3-9H,1-2H3. The van der Waals surface area contributed by atoms with E-state index in [2.05, 4.69) is 32.0 Å². The zero-order valence-electron chi connectivity index (χ0n) is 9.45. The van der Waals surface area contributed by atoms with Crippen molar-refractivity contribution < 1.29 is 4.79 Å². The predicted molar refractivity (Wildman–Crippen MR) is 66.1 cm³/mol. The number of carbonyl (C=O) groups excluding carboxylic acids is 1. The molecule has 0 N–H and O–H groups in total. The molecule has 0 aliphatic carbocycles. The highest BCUT2D eigenvalue weighted by Gasteiger charge is 2.06. The second kappa shape index (κ2) is 4.31. The van der Waals surface area contributed by atoms with Gasteiger partial charge in [-0.15, -0.1) is 0 Å². The van der Waals surface area contributed by atoms with Crippen LogP contribution >= 0.6 is 0 Å². The molecule has 0 saturated carbocycles. The third kappa shape index (κ3) is 1.89. The molecule has 0 unspecified atom stereocenters. The van der Waals surface area contributed by atoms with Crippen molar-refractivity contribution in [1.82, 2.24) is 0 Å². The molecule has 2 aromatic carbocycles. The lowest BCUT2D eigenvalue weighted by Crippen LogP contribution is -1.90. The van der Waals surface area contributed by atoms with Gasteiger partial charge in [0.25, 0.3) is 0 Å². The fraction of sp³-hybridized carbons (Fsp3) is 0.133. The number of aryl methyl sites for hydroxylation is 2. The van der Waals surface area contributed by atoms with Crippen molar-refractivity contribution in [3.8, 4) is 11.1 Å². The molecule has 0 heterocycles. The van der Waals surface area contributed by atoms with Crippen LogP contribution in [0.5, 0.6) is 0 Å². The van der Waals surface area contributed by atoms with Crippen molar-refractivity contribution in [2.75, 3.05) is 0 Å². The fourth-order valence-corrected chi connectivity index (χ4v) is 1.83. The lowest BCUT2D eigenvalue weighted by Gasteiger charge is -2.09. The molecule has 0 amide bonds. The van der Waals surface area contributed by atoms with Crippen LogP contribution in [0.1, 0.15) is 16.7 Å². The van der Waals surface area contributed by atoms with Crippen LogP contribution in [0, 0.1) is 13.8 Å². The van der Waals surface area contributed by atoms with Gasteiger partial charge in [-0.1, -0.05) is 48.0 Å². The van der Waals surface area contributed by atoms with Crippen LogP contribution in [0.3, 0.4) is 0 Å². The summed E-state index contributed by atoms with van der Waals surface area (Å²) in [5, 5.41) is 0. The second-order valence-electron chi connectivity index (χ2n) is 3.97. The first-order valence-electron chi connectivity index (χ1n) is 5.27. The normalized spacial score (nSPS) is 10.1. The molecule has 0 atom stereocenters. The van der Waals surface area contributed by atoms with Crippen LogP contribution in [-0.4, -0.2) is 6.29 Å². The highest BCUT2D eigenvalue weighted by Crippen LogP contribution is 2.26. The van der Waals surface area contributed by atoms with Gasteiger partial charge in [-0.2, -0.15) is 0 Å². The Morgan fingerprint density at radius 3 is 2.44 bits per heavy atom. The van der Waals surface area contributed by atoms with E-state index in [0.29, 0.717) is 5.56 Å². The van der Waals surface area contributed by atoms with Crippen LogP contribution in [0.4, 0.5) is 0 Å². The van der Waals surface area contributed by atoms with E-state index in [1.165, 1.54) is 11.1 Å². The van der Waals surface area contributed by atoms with E-state index in [1.54, 1.807) is 6.07 Å². The van der Waals surface area contributed by atoms with Gasteiger partial charge in [0.05, 0.1) is 0 Å². The molecular weight excluding hydrogens is 196 g/mol. The van der Waals surface area contributed by atoms with Crippen molar-refractivity contribution in [3.63, 3.8) is 0 Å². The van der Waals surface area contributed by atoms with E-state index < -0.39 is 0 Å². The topological polar surface area (TPSA) is 17.1 Å². The van der Waals surface area contributed by atoms with Crippen LogP contribution in [0.2, 0.25) is 0 Å². The maximum atomic E-state index is 10.9. The largest absolute Gasteiger partial charge is 0.285 e. The minimum absolute atomic E-state index is 0.621. The Hall–Kier alpha value is -1.89. The Kier molecular flexibility index (Phi) is 2.86. The van der Waals surface area contributed by atoms with Gasteiger partial charge in [0.2, 0.25) is 6.29 Å². The lowest BCUT2D eigenvalue weighted by molar-refractivity contribution is 0.563. The van der Waals surface area contributed by atoms with Gasteiger partial charge in [0, 0.05) is 5.56 Å². The number of rotatable bonds is 2. The molecule has 16 heavy (non-hydrogen) atoms. The Labute approximate surface area is 95.7 Å². The molecule has 2 rings (SSSR count). The molecule has 1 radical (unpaired) electrons. The molecule has 0 aliphatic heterocycles. The summed E-state index contributed by atoms with van der Waals surface area (Å²) in [6.45, 7) is 4.10. The number of benzene rings is 2. The van der Waals surface area contributed by atoms with Gasteiger partial charge in [-0.05, 0) is 30.5 Å². The Balaban J connectivity index is 2.66. The fourth-order valence-electron chi connectivity index (χ4n) is 1.83. The van der Waals surface area contributed by atoms with Crippen LogP contribution < -0.4 is 0 Å². The summed E-state index contributed by atoms with van der Waals surface area (Å²) in [7, 11) is 0. The van der Waals surface area contributed by atoms with Crippen molar-refractivity contribution >= 4 is 6.29 Å². The molecule has 0 aromatic heterocycles. The zero-order chi connectivity index (χ0) is 11.5. The van der Waals surface area contributed by atoms with E-state index in [1.807, 2.05) is 24.5 Å². The highest BCUT2D eigenvalue weighted by atomic mass is 16.1. The summed E-state index contributed by atoms with van der Waals surface area (Å²) in [5.74, 6) is 0. The summed E-state index contributed by atoms with van der Waals surface area (Å²) in [6.07, 6.45) is 1.99. The zero-order valence-corrected chi connectivity index (χ0v) is 9.45. The minimum atomic E-state index is 0.621. The van der Waals surface area contributed by atoms with Crippen LogP contribution in [0.15, 0.2) is 42.5 Å². The monoisotopic (exact) mass is 209 g/mol. The molecule has 0 fully saturated rings. The SMILES string of the molecule is Cc1ccc(C)c(-c2ccccc2[C]=O)c1. The first kappa shape index (κ1) is 10.6. The van der Waals surface area contributed by atoms with Crippen LogP contribution in [0.25, 0.3) is 11.1 Å². The van der Waals surface area contributed by atoms with Gasteiger partial charge >= 0.3 is 0 Å². The van der Waals surface area contributed by atoms with Gasteiger partial charge in [0.1, 0.15) is 0 Å². The molecule has 0 bridgehead atoms. The molecule has 0 spiro atoms. The predicted octanol–water partition coefficient (Wildman–Crippen LogP) is 3.43. The molecule has 2 aromatic rings. The molecule has 0 saturated heterocycles. The highest BCUT2D eigenvalue weighted by molar-refractivity contribution is 5.88. The minimum Gasteiger partial charge on any atom is -0.285 e. The van der Waals surface area contributed by atoms with Crippen LogP contribution in [-0.2, 0) is 4.79 Å². The summed E-state index contributed by atoms with van der Waals surface area (Å²) in [4.78, 5) is 10.9. The maximum absolute atomic E-state index is 10.9. The second-order valence-corrected chi connectivity index (χ2v) is 3.97. The van der Waals surface area contributed by atoms with Crippen molar-refractivity contribution in [3.05, 3.63) is 59.2 Å². The first-order chi connectivity index (χ1) is 7.72. The van der Waals surface area contributed by atoms with E-state index in [9.17, 15) is 4.79 Å². The number of hydrogen-bond acceptors (Lipinski definition) is 1. The Bertz CT molecular complexity index is 527. The molecular formula is C15H13O. The van der Waals surface area contributed by atoms with E-state index in [-0.39, 0.29) is 0 Å². The van der Waals surface area contributed by atoms with E-state index in [4.69, 9.17) is 0 Å². The average molecular weight is 209 g/mol. The Morgan fingerprint density at radius 1 is 0.938 bits per heavy atom. The van der Waals surface area contributed by atoms with E-state index in [0.717, 1.165) is 11.1 Å². The summed E-state index contributed by atoms with van der Waals surface area (Å²) in [6, 6.07) is 13.8. The third-order valence-corrected chi connectivity index (χ3v) is 2.72. The van der Waals surface area contributed by atoms with Gasteiger partial charge in [0.15, 0.2) is 0 Å².